The van der Waals surface area contributed by atoms with Crippen LogP contribution in [0.15, 0.2) is 73.8 Å². The molecule has 0 aliphatic rings. The van der Waals surface area contributed by atoms with Crippen LogP contribution in [0.25, 0.3) is 0 Å². The first-order valence-electron chi connectivity index (χ1n) is 8.41. The largest absolute Gasteiger partial charge is 0.426 e. The summed E-state index contributed by atoms with van der Waals surface area (Å²) in [6, 6.07) is 14.7. The lowest BCUT2D eigenvalue weighted by atomic mass is 10.1. The van der Waals surface area contributed by atoms with Crippen molar-refractivity contribution in [2.24, 2.45) is 0 Å². The maximum absolute atomic E-state index is 11.4. The molecule has 0 amide bonds. The summed E-state index contributed by atoms with van der Waals surface area (Å²) in [4.78, 5) is 22.8. The standard InChI is InChI=1S/C22H22O4S/c1-5-21(17-11-7-9-13-19(17)25-15(3)23)27-22(6-2)18-12-8-10-14-20(18)26-16(4)24/h5-14,21-22H,1-2H2,3-4H3. The van der Waals surface area contributed by atoms with E-state index >= 15 is 0 Å². The molecule has 2 aromatic carbocycles. The van der Waals surface area contributed by atoms with E-state index in [2.05, 4.69) is 13.2 Å². The summed E-state index contributed by atoms with van der Waals surface area (Å²) in [5.41, 5.74) is 1.68. The third-order valence-electron chi connectivity index (χ3n) is 3.68. The molecule has 2 aromatic rings. The first kappa shape index (κ1) is 20.5. The van der Waals surface area contributed by atoms with Gasteiger partial charge in [0.25, 0.3) is 0 Å². The van der Waals surface area contributed by atoms with Gasteiger partial charge in [-0.1, -0.05) is 48.6 Å². The number of para-hydroxylation sites is 2. The van der Waals surface area contributed by atoms with E-state index in [0.29, 0.717) is 11.5 Å². The molecule has 2 rings (SSSR count). The van der Waals surface area contributed by atoms with Crippen LogP contribution in [0.3, 0.4) is 0 Å². The fourth-order valence-electron chi connectivity index (χ4n) is 2.60. The fraction of sp³-hybridized carbons (Fsp3) is 0.182. The van der Waals surface area contributed by atoms with Gasteiger partial charge < -0.3 is 9.47 Å². The van der Waals surface area contributed by atoms with Gasteiger partial charge in [-0.2, -0.15) is 0 Å². The number of carbonyl (C=O) groups excluding carboxylic acids is 2. The number of ether oxygens (including phenoxy) is 2. The highest BCUT2D eigenvalue weighted by Gasteiger charge is 2.22. The second kappa shape index (κ2) is 9.78. The highest BCUT2D eigenvalue weighted by atomic mass is 32.2. The SMILES string of the molecule is C=CC(SC(C=C)c1ccccc1OC(C)=O)c1ccccc1OC(C)=O. The van der Waals surface area contributed by atoms with Gasteiger partial charge in [0.15, 0.2) is 0 Å². The van der Waals surface area contributed by atoms with Crippen LogP contribution >= 0.6 is 11.8 Å². The summed E-state index contributed by atoms with van der Waals surface area (Å²) < 4.78 is 10.7. The molecule has 0 heterocycles. The average molecular weight is 382 g/mol. The molecule has 2 atom stereocenters. The van der Waals surface area contributed by atoms with Crippen molar-refractivity contribution in [1.82, 2.24) is 0 Å². The molecule has 4 nitrogen and oxygen atoms in total. The zero-order valence-corrected chi connectivity index (χ0v) is 16.2. The first-order valence-corrected chi connectivity index (χ1v) is 9.35. The van der Waals surface area contributed by atoms with Crippen LogP contribution in [-0.4, -0.2) is 11.9 Å². The van der Waals surface area contributed by atoms with Crippen LogP contribution < -0.4 is 9.47 Å². The van der Waals surface area contributed by atoms with Gasteiger partial charge in [-0.15, -0.1) is 24.9 Å². The Morgan fingerprint density at radius 3 is 1.52 bits per heavy atom. The Hall–Kier alpha value is -2.79. The van der Waals surface area contributed by atoms with Gasteiger partial charge in [0.05, 0.1) is 10.5 Å². The van der Waals surface area contributed by atoms with Crippen molar-refractivity contribution < 1.29 is 19.1 Å². The van der Waals surface area contributed by atoms with Crippen LogP contribution in [-0.2, 0) is 9.59 Å². The summed E-state index contributed by atoms with van der Waals surface area (Å²) >= 11 is 1.56. The van der Waals surface area contributed by atoms with Crippen molar-refractivity contribution in [1.29, 1.82) is 0 Å². The maximum atomic E-state index is 11.4. The van der Waals surface area contributed by atoms with E-state index in [4.69, 9.17) is 9.47 Å². The molecule has 140 valence electrons. The molecule has 0 saturated carbocycles. The maximum Gasteiger partial charge on any atom is 0.308 e. The van der Waals surface area contributed by atoms with E-state index in [0.717, 1.165) is 11.1 Å². The summed E-state index contributed by atoms with van der Waals surface area (Å²) in [5.74, 6) is 0.239. The number of esters is 2. The minimum atomic E-state index is -0.379. The number of hydrogen-bond donors (Lipinski definition) is 0. The summed E-state index contributed by atoms with van der Waals surface area (Å²) in [6.07, 6.45) is 3.58. The highest BCUT2D eigenvalue weighted by molar-refractivity contribution is 8.00. The normalized spacial score (nSPS) is 12.5. The third kappa shape index (κ3) is 5.59. The molecule has 0 radical (unpaired) electrons. The van der Waals surface area contributed by atoms with E-state index < -0.39 is 0 Å². The van der Waals surface area contributed by atoms with E-state index in [-0.39, 0.29) is 22.4 Å². The zero-order valence-electron chi connectivity index (χ0n) is 15.4. The number of thioether (sulfide) groups is 1. The van der Waals surface area contributed by atoms with Gasteiger partial charge in [-0.3, -0.25) is 9.59 Å². The van der Waals surface area contributed by atoms with Gasteiger partial charge in [-0.05, 0) is 12.1 Å². The van der Waals surface area contributed by atoms with Crippen LogP contribution in [0.4, 0.5) is 0 Å². The molecule has 27 heavy (non-hydrogen) atoms. The second-order valence-electron chi connectivity index (χ2n) is 5.71. The van der Waals surface area contributed by atoms with Gasteiger partial charge in [0.2, 0.25) is 0 Å². The van der Waals surface area contributed by atoms with Crippen molar-refractivity contribution in [2.75, 3.05) is 0 Å². The molecule has 2 unspecified atom stereocenters. The minimum absolute atomic E-state index is 0.158. The lowest BCUT2D eigenvalue weighted by Crippen LogP contribution is -2.07. The minimum Gasteiger partial charge on any atom is -0.426 e. The van der Waals surface area contributed by atoms with Gasteiger partial charge in [0, 0.05) is 25.0 Å². The van der Waals surface area contributed by atoms with E-state index in [9.17, 15) is 9.59 Å². The first-order chi connectivity index (χ1) is 13.0. The van der Waals surface area contributed by atoms with Crippen molar-refractivity contribution >= 4 is 23.7 Å². The van der Waals surface area contributed by atoms with Crippen molar-refractivity contribution in [3.05, 3.63) is 85.0 Å². The Labute approximate surface area is 163 Å². The summed E-state index contributed by atoms with van der Waals surface area (Å²) in [6.45, 7) is 10.6. The smallest absolute Gasteiger partial charge is 0.308 e. The second-order valence-corrected chi connectivity index (χ2v) is 7.00. The summed E-state index contributed by atoms with van der Waals surface area (Å²) in [7, 11) is 0. The molecule has 0 saturated heterocycles. The quantitative estimate of drug-likeness (QED) is 0.346. The monoisotopic (exact) mass is 382 g/mol. The molecule has 5 heteroatoms. The highest BCUT2D eigenvalue weighted by Crippen LogP contribution is 2.46. The average Bonchev–Trinajstić information content (AvgIpc) is 2.63. The predicted molar refractivity (Wildman–Crippen MR) is 109 cm³/mol. The number of benzene rings is 2. The van der Waals surface area contributed by atoms with Crippen molar-refractivity contribution in [2.45, 2.75) is 24.3 Å². The Morgan fingerprint density at radius 2 is 1.19 bits per heavy atom. The van der Waals surface area contributed by atoms with Crippen LogP contribution in [0.5, 0.6) is 11.5 Å². The topological polar surface area (TPSA) is 52.6 Å². The molecule has 0 aliphatic heterocycles. The lowest BCUT2D eigenvalue weighted by Gasteiger charge is -2.22. The van der Waals surface area contributed by atoms with Gasteiger partial charge in [0.1, 0.15) is 11.5 Å². The molecular weight excluding hydrogens is 360 g/mol. The Kier molecular flexibility index (Phi) is 7.44. The van der Waals surface area contributed by atoms with Gasteiger partial charge >= 0.3 is 11.9 Å². The Bertz CT molecular complexity index is 774. The lowest BCUT2D eigenvalue weighted by molar-refractivity contribution is -0.132. The molecule has 0 N–H and O–H groups in total. The van der Waals surface area contributed by atoms with Gasteiger partial charge in [-0.25, -0.2) is 0 Å². The van der Waals surface area contributed by atoms with E-state index in [1.807, 2.05) is 36.4 Å². The molecule has 0 bridgehead atoms. The molecule has 0 fully saturated rings. The van der Waals surface area contributed by atoms with Crippen molar-refractivity contribution in [3.8, 4) is 11.5 Å². The molecule has 0 aromatic heterocycles. The zero-order chi connectivity index (χ0) is 19.8. The number of carbonyl (C=O) groups is 2. The fourth-order valence-corrected chi connectivity index (χ4v) is 3.82. The Morgan fingerprint density at radius 1 is 0.815 bits per heavy atom. The van der Waals surface area contributed by atoms with Crippen LogP contribution in [0.2, 0.25) is 0 Å². The Balaban J connectivity index is 2.35. The number of hydrogen-bond acceptors (Lipinski definition) is 5. The van der Waals surface area contributed by atoms with Crippen LogP contribution in [0, 0.1) is 0 Å². The van der Waals surface area contributed by atoms with Crippen LogP contribution in [0.1, 0.15) is 35.5 Å². The van der Waals surface area contributed by atoms with Crippen molar-refractivity contribution in [3.63, 3.8) is 0 Å². The molecule has 0 spiro atoms. The predicted octanol–water partition coefficient (Wildman–Crippen LogP) is 5.42. The van der Waals surface area contributed by atoms with E-state index in [1.54, 1.807) is 36.0 Å². The van der Waals surface area contributed by atoms with E-state index in [1.165, 1.54) is 13.8 Å². The number of rotatable bonds is 8. The molecular formula is C22H22O4S. The molecule has 0 aliphatic carbocycles. The summed E-state index contributed by atoms with van der Waals surface area (Å²) in [5, 5.41) is -0.317. The third-order valence-corrected chi connectivity index (χ3v) is 5.16.